The lowest BCUT2D eigenvalue weighted by atomic mass is 9.75. The van der Waals surface area contributed by atoms with Gasteiger partial charge in [-0.2, -0.15) is 16.8 Å². The van der Waals surface area contributed by atoms with E-state index in [1.165, 1.54) is 44.5 Å². The number of rotatable bonds is 13. The van der Waals surface area contributed by atoms with Crippen molar-refractivity contribution < 1.29 is 54.8 Å². The monoisotopic (exact) mass is 836 g/mol. The molecule has 0 saturated carbocycles. The molecule has 18 heteroatoms. The summed E-state index contributed by atoms with van der Waals surface area (Å²) in [6.07, 6.45) is 8.36. The molecule has 1 saturated heterocycles. The number of nitrogens with zero attached hydrogens (tertiary/aromatic N) is 4. The third-order valence-electron chi connectivity index (χ3n) is 10.4. The normalized spacial score (nSPS) is 21.1. The third-order valence-corrected chi connectivity index (χ3v) is 12.0. The zero-order chi connectivity index (χ0) is 43.0. The van der Waals surface area contributed by atoms with Gasteiger partial charge in [0.2, 0.25) is 0 Å². The molecule has 1 atom stereocenters. The first kappa shape index (κ1) is 43.6. The van der Waals surface area contributed by atoms with Crippen LogP contribution in [0.1, 0.15) is 68.4 Å². The maximum absolute atomic E-state index is 13.0. The van der Waals surface area contributed by atoms with Gasteiger partial charge < -0.3 is 9.74 Å². The second kappa shape index (κ2) is 16.4. The molecule has 0 aliphatic carbocycles. The number of aliphatic imine (C=N–C) groups is 1. The van der Waals surface area contributed by atoms with Crippen LogP contribution in [0.3, 0.4) is 0 Å². The minimum Gasteiger partial charge on any atom is -0.344 e. The zero-order valence-corrected chi connectivity index (χ0v) is 34.4. The van der Waals surface area contributed by atoms with E-state index in [0.717, 1.165) is 5.06 Å². The van der Waals surface area contributed by atoms with Gasteiger partial charge in [0.05, 0.1) is 40.1 Å². The van der Waals surface area contributed by atoms with Crippen molar-refractivity contribution in [1.82, 2.24) is 10.1 Å². The molecule has 3 heterocycles. The van der Waals surface area contributed by atoms with E-state index in [1.807, 2.05) is 13.8 Å². The number of imide groups is 1. The van der Waals surface area contributed by atoms with Crippen LogP contribution in [0.4, 0.5) is 5.69 Å². The number of carbonyl (C=O) groups excluding carboxylic acids is 4. The molecular formula is C40H44N4O12S2. The third kappa shape index (κ3) is 8.65. The molecular weight excluding hydrogens is 793 g/mol. The molecule has 58 heavy (non-hydrogen) atoms. The number of hydrogen-bond donors (Lipinski definition) is 2. The van der Waals surface area contributed by atoms with Crippen LogP contribution in [0.2, 0.25) is 0 Å². The van der Waals surface area contributed by atoms with Crippen LogP contribution >= 0.6 is 0 Å². The second-order valence-electron chi connectivity index (χ2n) is 14.4. The van der Waals surface area contributed by atoms with E-state index >= 15 is 0 Å². The molecule has 1 fully saturated rings. The summed E-state index contributed by atoms with van der Waals surface area (Å²) in [5.74, 6) is -3.19. The molecule has 0 aromatic heterocycles. The number of fused-ring (bicyclic) bond motifs is 1. The van der Waals surface area contributed by atoms with Crippen molar-refractivity contribution in [2.45, 2.75) is 57.3 Å². The van der Waals surface area contributed by atoms with E-state index in [2.05, 4.69) is 6.58 Å². The Morgan fingerprint density at radius 2 is 1.66 bits per heavy atom. The number of allylic oxidation sites excluding steroid dienone is 6. The summed E-state index contributed by atoms with van der Waals surface area (Å²) in [6.45, 7) is 11.5. The van der Waals surface area contributed by atoms with Gasteiger partial charge in [0, 0.05) is 48.8 Å². The molecule has 3 aliphatic heterocycles. The van der Waals surface area contributed by atoms with E-state index < -0.39 is 59.5 Å². The van der Waals surface area contributed by atoms with Crippen LogP contribution in [-0.2, 0) is 49.7 Å². The maximum atomic E-state index is 13.0. The number of hydrogen-bond acceptors (Lipinski definition) is 12. The Balaban J connectivity index is 1.61. The van der Waals surface area contributed by atoms with Crippen molar-refractivity contribution in [3.63, 3.8) is 0 Å². The Morgan fingerprint density at radius 3 is 2.22 bits per heavy atom. The van der Waals surface area contributed by atoms with Gasteiger partial charge in [-0.05, 0) is 85.5 Å². The topological polar surface area (TPSA) is 218 Å². The highest BCUT2D eigenvalue weighted by Crippen LogP contribution is 2.52. The molecule has 0 spiro atoms. The quantitative estimate of drug-likeness (QED) is 0.119. The fourth-order valence-electron chi connectivity index (χ4n) is 7.06. The highest BCUT2D eigenvalue weighted by Gasteiger charge is 2.46. The molecule has 2 N–H and O–H groups in total. The van der Waals surface area contributed by atoms with E-state index in [0.29, 0.717) is 50.1 Å². The van der Waals surface area contributed by atoms with Crippen LogP contribution in [0.5, 0.6) is 0 Å². The van der Waals surface area contributed by atoms with Gasteiger partial charge in [0.15, 0.2) is 0 Å². The average Bonchev–Trinajstić information content (AvgIpc) is 3.69. The van der Waals surface area contributed by atoms with Gasteiger partial charge in [-0.15, -0.1) is 5.06 Å². The van der Waals surface area contributed by atoms with Crippen LogP contribution in [0, 0.1) is 5.41 Å². The standard InChI is InChI=1S/C40H44N4O12S2/c1-8-26(37(47)42(6)55-7)23-30-25(2)41-33(39(30,3)4)11-9-12-34-40(5,28-15-13-27(14-16-28)38(48)56-44-35(45)19-20-36(44)46)31-24-29(58(52,53)54)17-18-32(31)43(34)21-10-22-57(49,50)51/h8-9,11-18,23-24H,2,10,19-22H2,1,3-7H3,(H,49,50,51)(H,52,53,54)/b11-9+,26-8+,30-23+,34-12+. The molecule has 0 radical (unpaired) electrons. The van der Waals surface area contributed by atoms with E-state index in [9.17, 15) is 45.1 Å². The predicted molar refractivity (Wildman–Crippen MR) is 213 cm³/mol. The lowest BCUT2D eigenvalue weighted by molar-refractivity contribution is -0.172. The van der Waals surface area contributed by atoms with E-state index in [1.54, 1.807) is 61.3 Å². The van der Waals surface area contributed by atoms with Gasteiger partial charge in [0.25, 0.3) is 38.0 Å². The number of anilines is 1. The number of amides is 3. The Labute approximate surface area is 336 Å². The maximum Gasteiger partial charge on any atom is 0.363 e. The van der Waals surface area contributed by atoms with Gasteiger partial charge in [-0.1, -0.05) is 44.7 Å². The smallest absolute Gasteiger partial charge is 0.344 e. The molecule has 3 aliphatic rings. The fraction of sp³-hybridized carbons (Fsp3) is 0.325. The minimum atomic E-state index is -4.69. The lowest BCUT2D eigenvalue weighted by Crippen LogP contribution is -2.32. The highest BCUT2D eigenvalue weighted by molar-refractivity contribution is 7.86. The number of carbonyl (C=O) groups is 4. The molecule has 2 aromatic carbocycles. The van der Waals surface area contributed by atoms with Crippen LogP contribution in [0.25, 0.3) is 0 Å². The van der Waals surface area contributed by atoms with Crippen LogP contribution < -0.4 is 4.90 Å². The number of hydroxylamine groups is 4. The molecule has 16 nitrogen and oxygen atoms in total. The van der Waals surface area contributed by atoms with E-state index in [4.69, 9.17) is 14.7 Å². The minimum absolute atomic E-state index is 0.00222. The second-order valence-corrected chi connectivity index (χ2v) is 17.4. The van der Waals surface area contributed by atoms with Gasteiger partial charge >= 0.3 is 5.97 Å². The molecule has 0 bridgehead atoms. The fourth-order valence-corrected chi connectivity index (χ4v) is 8.06. The van der Waals surface area contributed by atoms with Gasteiger partial charge in [-0.3, -0.25) is 33.3 Å². The Bertz CT molecular complexity index is 2450. The van der Waals surface area contributed by atoms with Crippen molar-refractivity contribution in [3.8, 4) is 0 Å². The van der Waals surface area contributed by atoms with Crippen LogP contribution in [-0.4, -0.2) is 91.9 Å². The first-order valence-electron chi connectivity index (χ1n) is 18.0. The lowest BCUT2D eigenvalue weighted by Gasteiger charge is -2.31. The van der Waals surface area contributed by atoms with E-state index in [-0.39, 0.29) is 37.3 Å². The molecule has 1 unspecified atom stereocenters. The molecule has 5 rings (SSSR count). The van der Waals surface area contributed by atoms with Gasteiger partial charge in [0.1, 0.15) is 0 Å². The predicted octanol–water partition coefficient (Wildman–Crippen LogP) is 4.89. The first-order valence-corrected chi connectivity index (χ1v) is 21.0. The summed E-state index contributed by atoms with van der Waals surface area (Å²) >= 11 is 0. The highest BCUT2D eigenvalue weighted by atomic mass is 32.2. The first-order chi connectivity index (χ1) is 27.0. The molecule has 308 valence electrons. The number of benzene rings is 2. The summed E-state index contributed by atoms with van der Waals surface area (Å²) in [4.78, 5) is 66.2. The molecule has 3 amide bonds. The van der Waals surface area contributed by atoms with Crippen molar-refractivity contribution in [1.29, 1.82) is 0 Å². The Morgan fingerprint density at radius 1 is 1.02 bits per heavy atom. The van der Waals surface area contributed by atoms with Crippen molar-refractivity contribution in [2.75, 3.05) is 31.4 Å². The summed E-state index contributed by atoms with van der Waals surface area (Å²) in [5.41, 5.74) is 2.01. The Hall–Kier alpha value is -5.53. The van der Waals surface area contributed by atoms with Gasteiger partial charge in [-0.25, -0.2) is 9.86 Å². The number of likely N-dealkylation sites (N-methyl/N-ethyl adjacent to an activating group) is 1. The Kier molecular flexibility index (Phi) is 12.3. The average molecular weight is 837 g/mol. The molecule has 2 aromatic rings. The largest absolute Gasteiger partial charge is 0.363 e. The van der Waals surface area contributed by atoms with Crippen LogP contribution in [0.15, 0.2) is 112 Å². The zero-order valence-electron chi connectivity index (χ0n) is 32.8. The summed E-state index contributed by atoms with van der Waals surface area (Å²) in [6, 6.07) is 10.0. The van der Waals surface area contributed by atoms with Crippen molar-refractivity contribution >= 4 is 55.3 Å². The SMILES string of the molecule is C=C1N=C(/C=C/C=C2/N(CCCS(=O)(=O)O)c3ccc(S(=O)(=O)O)cc3C2(C)c2ccc(C(=O)ON3C(=O)CCC3=O)cc2)C(C)(C)/C1=C/C(=C\C)C(=O)N(C)OC. The summed E-state index contributed by atoms with van der Waals surface area (Å²) < 4.78 is 67.9. The van der Waals surface area contributed by atoms with Crippen molar-refractivity contribution in [2.24, 2.45) is 10.4 Å². The summed E-state index contributed by atoms with van der Waals surface area (Å²) in [5, 5.41) is 1.53. The van der Waals surface area contributed by atoms with Crippen molar-refractivity contribution in [3.05, 3.63) is 119 Å². The summed E-state index contributed by atoms with van der Waals surface area (Å²) in [7, 11) is -6.17.